The second-order valence-electron chi connectivity index (χ2n) is 5.14. The van der Waals surface area contributed by atoms with E-state index in [4.69, 9.17) is 0 Å². The SMILES string of the molecule is CS(=O)(=O)c1ccccc1C(=O)Nc1cccc(-c2ncn[nH]2)c1. The van der Waals surface area contributed by atoms with Crippen molar-refractivity contribution in [1.29, 1.82) is 0 Å². The van der Waals surface area contributed by atoms with Crippen LogP contribution in [0.15, 0.2) is 59.8 Å². The third-order valence-electron chi connectivity index (χ3n) is 3.34. The van der Waals surface area contributed by atoms with Crippen molar-refractivity contribution in [3.8, 4) is 11.4 Å². The number of amides is 1. The molecule has 0 saturated carbocycles. The molecule has 122 valence electrons. The van der Waals surface area contributed by atoms with Crippen LogP contribution in [-0.4, -0.2) is 35.8 Å². The molecule has 3 rings (SSSR count). The Hall–Kier alpha value is -3.00. The van der Waals surface area contributed by atoms with Crippen molar-refractivity contribution in [2.45, 2.75) is 4.90 Å². The van der Waals surface area contributed by atoms with Gasteiger partial charge in [-0.25, -0.2) is 13.4 Å². The number of nitrogens with one attached hydrogen (secondary N) is 2. The maximum absolute atomic E-state index is 12.5. The van der Waals surface area contributed by atoms with Crippen molar-refractivity contribution in [2.75, 3.05) is 11.6 Å². The minimum atomic E-state index is -3.50. The largest absolute Gasteiger partial charge is 0.322 e. The monoisotopic (exact) mass is 342 g/mol. The second kappa shape index (κ2) is 6.25. The van der Waals surface area contributed by atoms with Crippen LogP contribution in [-0.2, 0) is 9.84 Å². The molecular weight excluding hydrogens is 328 g/mol. The van der Waals surface area contributed by atoms with Crippen molar-refractivity contribution in [3.05, 3.63) is 60.4 Å². The fourth-order valence-electron chi connectivity index (χ4n) is 2.26. The molecular formula is C16H14N4O3S. The van der Waals surface area contributed by atoms with E-state index in [-0.39, 0.29) is 10.5 Å². The molecule has 0 saturated heterocycles. The van der Waals surface area contributed by atoms with Crippen LogP contribution in [0, 0.1) is 0 Å². The van der Waals surface area contributed by atoms with Gasteiger partial charge in [0.05, 0.1) is 10.5 Å². The van der Waals surface area contributed by atoms with Gasteiger partial charge in [0.25, 0.3) is 5.91 Å². The zero-order valence-corrected chi connectivity index (χ0v) is 13.5. The summed E-state index contributed by atoms with van der Waals surface area (Å²) in [4.78, 5) is 16.5. The quantitative estimate of drug-likeness (QED) is 0.756. The topological polar surface area (TPSA) is 105 Å². The Labute approximate surface area is 138 Å². The lowest BCUT2D eigenvalue weighted by atomic mass is 10.1. The number of hydrogen-bond donors (Lipinski definition) is 2. The maximum atomic E-state index is 12.5. The van der Waals surface area contributed by atoms with Gasteiger partial charge in [0.1, 0.15) is 6.33 Å². The van der Waals surface area contributed by atoms with Crippen LogP contribution in [0.3, 0.4) is 0 Å². The lowest BCUT2D eigenvalue weighted by Gasteiger charge is -2.09. The number of hydrogen-bond acceptors (Lipinski definition) is 5. The lowest BCUT2D eigenvalue weighted by molar-refractivity contribution is 0.102. The van der Waals surface area contributed by atoms with E-state index in [0.717, 1.165) is 11.8 Å². The standard InChI is InChI=1S/C16H14N4O3S/c1-24(22,23)14-8-3-2-7-13(14)16(21)19-12-6-4-5-11(9-12)15-17-10-18-20-15/h2-10H,1H3,(H,19,21)(H,17,18,20). The summed E-state index contributed by atoms with van der Waals surface area (Å²) in [6, 6.07) is 13.1. The minimum absolute atomic E-state index is 0.00566. The van der Waals surface area contributed by atoms with Crippen LogP contribution >= 0.6 is 0 Å². The Morgan fingerprint density at radius 1 is 1.12 bits per heavy atom. The molecule has 0 unspecified atom stereocenters. The fraction of sp³-hybridized carbons (Fsp3) is 0.0625. The molecule has 24 heavy (non-hydrogen) atoms. The number of carbonyl (C=O) groups is 1. The number of aromatic amines is 1. The van der Waals surface area contributed by atoms with Gasteiger partial charge in [-0.1, -0.05) is 24.3 Å². The number of anilines is 1. The van der Waals surface area contributed by atoms with Gasteiger partial charge in [-0.05, 0) is 24.3 Å². The van der Waals surface area contributed by atoms with Crippen LogP contribution in [0.4, 0.5) is 5.69 Å². The van der Waals surface area contributed by atoms with Crippen LogP contribution < -0.4 is 5.32 Å². The molecule has 0 spiro atoms. The highest BCUT2D eigenvalue weighted by Gasteiger charge is 2.18. The molecule has 0 fully saturated rings. The third kappa shape index (κ3) is 3.33. The molecule has 0 aliphatic heterocycles. The van der Waals surface area contributed by atoms with Gasteiger partial charge in [-0.2, -0.15) is 5.10 Å². The van der Waals surface area contributed by atoms with E-state index in [1.807, 2.05) is 6.07 Å². The molecule has 0 radical (unpaired) electrons. The molecule has 3 aromatic rings. The zero-order chi connectivity index (χ0) is 17.2. The first kappa shape index (κ1) is 15.9. The summed E-state index contributed by atoms with van der Waals surface area (Å²) in [6.07, 6.45) is 2.46. The van der Waals surface area contributed by atoms with Crippen molar-refractivity contribution in [3.63, 3.8) is 0 Å². The van der Waals surface area contributed by atoms with Gasteiger partial charge in [0.15, 0.2) is 15.7 Å². The highest BCUT2D eigenvalue weighted by atomic mass is 32.2. The second-order valence-corrected chi connectivity index (χ2v) is 7.12. The first-order valence-corrected chi connectivity index (χ1v) is 8.90. The summed E-state index contributed by atoms with van der Waals surface area (Å²) in [5.74, 6) is 0.0772. The number of sulfone groups is 1. The molecule has 2 N–H and O–H groups in total. The number of benzene rings is 2. The number of aromatic nitrogens is 3. The van der Waals surface area contributed by atoms with Crippen molar-refractivity contribution in [2.24, 2.45) is 0 Å². The molecule has 1 heterocycles. The first-order valence-electron chi connectivity index (χ1n) is 7.01. The molecule has 0 aliphatic rings. The van der Waals surface area contributed by atoms with Gasteiger partial charge in [0, 0.05) is 17.5 Å². The summed E-state index contributed by atoms with van der Waals surface area (Å²) < 4.78 is 23.6. The summed E-state index contributed by atoms with van der Waals surface area (Å²) in [5, 5.41) is 9.23. The molecule has 2 aromatic carbocycles. The number of nitrogens with zero attached hydrogens (tertiary/aromatic N) is 2. The number of H-pyrrole nitrogens is 1. The molecule has 7 nitrogen and oxygen atoms in total. The van der Waals surface area contributed by atoms with Gasteiger partial charge in [0.2, 0.25) is 0 Å². The van der Waals surface area contributed by atoms with E-state index >= 15 is 0 Å². The normalized spacial score (nSPS) is 11.2. The zero-order valence-electron chi connectivity index (χ0n) is 12.7. The first-order chi connectivity index (χ1) is 11.4. The molecule has 8 heteroatoms. The van der Waals surface area contributed by atoms with Crippen LogP contribution in [0.5, 0.6) is 0 Å². The van der Waals surface area contributed by atoms with Crippen molar-refractivity contribution in [1.82, 2.24) is 15.2 Å². The van der Waals surface area contributed by atoms with Crippen LogP contribution in [0.1, 0.15) is 10.4 Å². The summed E-state index contributed by atoms with van der Waals surface area (Å²) in [5.41, 5.74) is 1.38. The summed E-state index contributed by atoms with van der Waals surface area (Å²) in [6.45, 7) is 0. The summed E-state index contributed by atoms with van der Waals surface area (Å²) >= 11 is 0. The molecule has 0 atom stereocenters. The smallest absolute Gasteiger partial charge is 0.256 e. The highest BCUT2D eigenvalue weighted by Crippen LogP contribution is 2.21. The number of rotatable bonds is 4. The van der Waals surface area contributed by atoms with Crippen molar-refractivity contribution < 1.29 is 13.2 Å². The predicted molar refractivity (Wildman–Crippen MR) is 89.3 cm³/mol. The average molecular weight is 342 g/mol. The van der Waals surface area contributed by atoms with Gasteiger partial charge < -0.3 is 5.32 Å². The van der Waals surface area contributed by atoms with Crippen molar-refractivity contribution >= 4 is 21.4 Å². The third-order valence-corrected chi connectivity index (χ3v) is 4.49. The summed E-state index contributed by atoms with van der Waals surface area (Å²) in [7, 11) is -3.50. The van der Waals surface area contributed by atoms with E-state index in [2.05, 4.69) is 20.5 Å². The molecule has 0 aliphatic carbocycles. The van der Waals surface area contributed by atoms with E-state index in [9.17, 15) is 13.2 Å². The van der Waals surface area contributed by atoms with Crippen LogP contribution in [0.25, 0.3) is 11.4 Å². The number of carbonyl (C=O) groups excluding carboxylic acids is 1. The minimum Gasteiger partial charge on any atom is -0.322 e. The Bertz CT molecular complexity index is 982. The van der Waals surface area contributed by atoms with Crippen LogP contribution in [0.2, 0.25) is 0 Å². The average Bonchev–Trinajstić information content (AvgIpc) is 3.09. The highest BCUT2D eigenvalue weighted by molar-refractivity contribution is 7.90. The Balaban J connectivity index is 1.90. The predicted octanol–water partition coefficient (Wildman–Crippen LogP) is 2.13. The molecule has 1 aromatic heterocycles. The van der Waals surface area contributed by atoms with E-state index in [0.29, 0.717) is 11.5 Å². The lowest BCUT2D eigenvalue weighted by Crippen LogP contribution is -2.16. The van der Waals surface area contributed by atoms with E-state index in [1.54, 1.807) is 30.3 Å². The maximum Gasteiger partial charge on any atom is 0.256 e. The van der Waals surface area contributed by atoms with Gasteiger partial charge >= 0.3 is 0 Å². The molecule has 0 bridgehead atoms. The van der Waals surface area contributed by atoms with Gasteiger partial charge in [-0.3, -0.25) is 9.89 Å². The molecule has 1 amide bonds. The fourth-order valence-corrected chi connectivity index (χ4v) is 3.15. The Morgan fingerprint density at radius 3 is 2.62 bits per heavy atom. The Kier molecular flexibility index (Phi) is 4.13. The van der Waals surface area contributed by atoms with E-state index in [1.165, 1.54) is 18.5 Å². The van der Waals surface area contributed by atoms with Gasteiger partial charge in [-0.15, -0.1) is 0 Å². The van der Waals surface area contributed by atoms with E-state index < -0.39 is 15.7 Å². The Morgan fingerprint density at radius 2 is 1.92 bits per heavy atom.